The highest BCUT2D eigenvalue weighted by Crippen LogP contribution is 2.39. The van der Waals surface area contributed by atoms with Crippen molar-refractivity contribution in [1.29, 1.82) is 0 Å². The van der Waals surface area contributed by atoms with E-state index < -0.39 is 12.0 Å². The van der Waals surface area contributed by atoms with Gasteiger partial charge < -0.3 is 20.2 Å². The van der Waals surface area contributed by atoms with Crippen LogP contribution >= 0.6 is 0 Å². The summed E-state index contributed by atoms with van der Waals surface area (Å²) >= 11 is 0. The molecule has 1 aliphatic rings. The molecule has 0 unspecified atom stereocenters. The number of nitrogens with zero attached hydrogens (tertiary/aromatic N) is 1. The van der Waals surface area contributed by atoms with Gasteiger partial charge >= 0.3 is 12.0 Å². The monoisotopic (exact) mass is 537 g/mol. The molecule has 3 amide bonds. The summed E-state index contributed by atoms with van der Waals surface area (Å²) in [5.41, 5.74) is 4.16. The minimum atomic E-state index is -1.09. The molecule has 0 saturated carbocycles. The Hall–Kier alpha value is -4.85. The van der Waals surface area contributed by atoms with E-state index in [4.69, 9.17) is 4.42 Å². The predicted octanol–water partition coefficient (Wildman–Crippen LogP) is 5.72. The van der Waals surface area contributed by atoms with Gasteiger partial charge in [0.25, 0.3) is 0 Å². The maximum atomic E-state index is 13.5. The molecule has 1 heterocycles. The van der Waals surface area contributed by atoms with E-state index in [2.05, 4.69) is 53.1 Å². The number of nitrogens with one attached hydrogen (secondary N) is 2. The van der Waals surface area contributed by atoms with Crippen LogP contribution in [0.5, 0.6) is 0 Å². The molecule has 40 heavy (non-hydrogen) atoms. The quantitative estimate of drug-likeness (QED) is 0.253. The molecule has 2 atom stereocenters. The molecule has 8 nitrogen and oxygen atoms in total. The van der Waals surface area contributed by atoms with E-state index >= 15 is 0 Å². The number of rotatable bonds is 9. The van der Waals surface area contributed by atoms with Gasteiger partial charge in [-0.2, -0.15) is 0 Å². The van der Waals surface area contributed by atoms with Crippen molar-refractivity contribution in [1.82, 2.24) is 5.32 Å². The van der Waals surface area contributed by atoms with E-state index in [0.29, 0.717) is 24.0 Å². The van der Waals surface area contributed by atoms with E-state index in [1.165, 1.54) is 41.2 Å². The molecular formula is C32H31N3O5. The SMILES string of the molecule is O=C(NCC(=O)N(C[C@@H]1c2ccccc2CC[C@@H]1Cc1ccccc1)c1ccco1)Nc1cccc(C(=O)O)c1. The average Bonchev–Trinajstić information content (AvgIpc) is 3.51. The van der Waals surface area contributed by atoms with Crippen molar-refractivity contribution in [3.05, 3.63) is 120 Å². The van der Waals surface area contributed by atoms with Crippen LogP contribution in [0.15, 0.2) is 102 Å². The highest BCUT2D eigenvalue weighted by atomic mass is 16.4. The minimum absolute atomic E-state index is 0.0516. The Labute approximate surface area is 232 Å². The van der Waals surface area contributed by atoms with Crippen molar-refractivity contribution in [3.8, 4) is 0 Å². The Morgan fingerprint density at radius 2 is 1.73 bits per heavy atom. The number of aromatic carboxylic acids is 1. The van der Waals surface area contributed by atoms with Gasteiger partial charge in [-0.3, -0.25) is 9.69 Å². The first-order valence-electron chi connectivity index (χ1n) is 13.3. The number of carboxylic acid groups (broad SMARTS) is 1. The molecule has 4 aromatic rings. The highest BCUT2D eigenvalue weighted by Gasteiger charge is 2.33. The fraction of sp³-hybridized carbons (Fsp3) is 0.219. The molecule has 0 aliphatic heterocycles. The lowest BCUT2D eigenvalue weighted by Gasteiger charge is -2.36. The summed E-state index contributed by atoms with van der Waals surface area (Å²) < 4.78 is 5.66. The number of hydrogen-bond acceptors (Lipinski definition) is 4. The maximum Gasteiger partial charge on any atom is 0.335 e. The Morgan fingerprint density at radius 3 is 2.50 bits per heavy atom. The number of urea groups is 1. The number of carbonyl (C=O) groups excluding carboxylic acids is 2. The summed E-state index contributed by atoms with van der Waals surface area (Å²) in [7, 11) is 0. The topological polar surface area (TPSA) is 112 Å². The van der Waals surface area contributed by atoms with E-state index in [1.54, 1.807) is 23.1 Å². The number of hydrogen-bond donors (Lipinski definition) is 3. The molecule has 0 fully saturated rings. The summed E-state index contributed by atoms with van der Waals surface area (Å²) in [5.74, 6) is -0.593. The maximum absolute atomic E-state index is 13.5. The average molecular weight is 538 g/mol. The molecular weight excluding hydrogens is 506 g/mol. The van der Waals surface area contributed by atoms with Crippen molar-refractivity contribution in [2.24, 2.45) is 5.92 Å². The number of carbonyl (C=O) groups is 3. The standard InChI is InChI=1S/C32H31N3O5/c36-29(20-33-32(39)34-26-12-6-11-25(19-26)31(37)38)35(30-14-7-17-40-30)21-28-24(18-22-8-2-1-3-9-22)16-15-23-10-4-5-13-27(23)28/h1-14,17,19,24,28H,15-16,18,20-21H2,(H,37,38)(H2,33,34,39)/t24-,28+/m1/s1. The van der Waals surface area contributed by atoms with Gasteiger partial charge in [0, 0.05) is 24.2 Å². The lowest BCUT2D eigenvalue weighted by molar-refractivity contribution is -0.117. The van der Waals surface area contributed by atoms with Crippen LogP contribution in [0.25, 0.3) is 0 Å². The third-order valence-corrected chi connectivity index (χ3v) is 7.37. The number of benzene rings is 3. The summed E-state index contributed by atoms with van der Waals surface area (Å²) in [6.07, 6.45) is 4.42. The fourth-order valence-corrected chi connectivity index (χ4v) is 5.42. The highest BCUT2D eigenvalue weighted by molar-refractivity contribution is 5.98. The second-order valence-corrected chi connectivity index (χ2v) is 9.94. The summed E-state index contributed by atoms with van der Waals surface area (Å²) in [4.78, 5) is 38.9. The Morgan fingerprint density at radius 1 is 0.925 bits per heavy atom. The van der Waals surface area contributed by atoms with Crippen molar-refractivity contribution >= 4 is 29.5 Å². The molecule has 0 spiro atoms. The smallest absolute Gasteiger partial charge is 0.335 e. The van der Waals surface area contributed by atoms with Gasteiger partial charge in [-0.1, -0.05) is 60.7 Å². The molecule has 1 aromatic heterocycles. The number of fused-ring (bicyclic) bond motifs is 1. The van der Waals surface area contributed by atoms with Gasteiger partial charge in [-0.05, 0) is 66.1 Å². The second kappa shape index (κ2) is 12.3. The first-order chi connectivity index (χ1) is 19.5. The van der Waals surface area contributed by atoms with E-state index in [0.717, 1.165) is 19.3 Å². The molecule has 204 valence electrons. The fourth-order valence-electron chi connectivity index (χ4n) is 5.42. The van der Waals surface area contributed by atoms with Gasteiger partial charge in [-0.25, -0.2) is 9.59 Å². The van der Waals surface area contributed by atoms with Crippen molar-refractivity contribution in [3.63, 3.8) is 0 Å². The third-order valence-electron chi connectivity index (χ3n) is 7.37. The van der Waals surface area contributed by atoms with Crippen molar-refractivity contribution in [2.45, 2.75) is 25.2 Å². The zero-order valence-corrected chi connectivity index (χ0v) is 22.0. The van der Waals surface area contributed by atoms with Crippen LogP contribution in [-0.4, -0.2) is 36.1 Å². The van der Waals surface area contributed by atoms with Gasteiger partial charge in [0.2, 0.25) is 11.8 Å². The number of aryl methyl sites for hydroxylation is 1. The molecule has 0 saturated heterocycles. The Bertz CT molecular complexity index is 1470. The van der Waals surface area contributed by atoms with E-state index in [1.807, 2.05) is 12.1 Å². The molecule has 3 aromatic carbocycles. The van der Waals surface area contributed by atoms with Crippen molar-refractivity contribution in [2.75, 3.05) is 23.3 Å². The van der Waals surface area contributed by atoms with Crippen LogP contribution in [0.4, 0.5) is 16.4 Å². The number of furan rings is 1. The molecule has 5 rings (SSSR count). The first-order valence-corrected chi connectivity index (χ1v) is 13.3. The number of anilines is 2. The van der Waals surface area contributed by atoms with E-state index in [9.17, 15) is 19.5 Å². The van der Waals surface area contributed by atoms with Crippen LogP contribution < -0.4 is 15.5 Å². The normalized spacial score (nSPS) is 16.0. The van der Waals surface area contributed by atoms with Gasteiger partial charge in [0.1, 0.15) is 0 Å². The zero-order chi connectivity index (χ0) is 27.9. The summed E-state index contributed by atoms with van der Waals surface area (Å²) in [6, 6.07) is 27.6. The molecule has 3 N–H and O–H groups in total. The number of carboxylic acids is 1. The third kappa shape index (κ3) is 6.40. The lowest BCUT2D eigenvalue weighted by atomic mass is 9.72. The van der Waals surface area contributed by atoms with Crippen LogP contribution in [0.2, 0.25) is 0 Å². The largest absolute Gasteiger partial charge is 0.478 e. The molecule has 0 bridgehead atoms. The lowest BCUT2D eigenvalue weighted by Crippen LogP contribution is -2.44. The molecule has 1 aliphatic carbocycles. The van der Waals surface area contributed by atoms with Crippen LogP contribution in [0.1, 0.15) is 39.4 Å². The van der Waals surface area contributed by atoms with Gasteiger partial charge in [-0.15, -0.1) is 0 Å². The Kier molecular flexibility index (Phi) is 8.25. The van der Waals surface area contributed by atoms with Gasteiger partial charge in [0.15, 0.2) is 0 Å². The molecule has 8 heteroatoms. The Balaban J connectivity index is 1.32. The minimum Gasteiger partial charge on any atom is -0.478 e. The number of amides is 3. The zero-order valence-electron chi connectivity index (χ0n) is 22.0. The van der Waals surface area contributed by atoms with Crippen LogP contribution in [-0.2, 0) is 17.6 Å². The summed E-state index contributed by atoms with van der Waals surface area (Å²) in [6.45, 7) is 0.147. The second-order valence-electron chi connectivity index (χ2n) is 9.94. The van der Waals surface area contributed by atoms with Crippen molar-refractivity contribution < 1.29 is 23.9 Å². The molecule has 0 radical (unpaired) electrons. The summed E-state index contributed by atoms with van der Waals surface area (Å²) in [5, 5.41) is 14.4. The van der Waals surface area contributed by atoms with Crippen LogP contribution in [0.3, 0.4) is 0 Å². The predicted molar refractivity (Wildman–Crippen MR) is 153 cm³/mol. The van der Waals surface area contributed by atoms with E-state index in [-0.39, 0.29) is 23.9 Å². The van der Waals surface area contributed by atoms with Gasteiger partial charge in [0.05, 0.1) is 18.4 Å². The first kappa shape index (κ1) is 26.7. The van der Waals surface area contributed by atoms with Crippen LogP contribution in [0, 0.1) is 5.92 Å².